The third-order valence-corrected chi connectivity index (χ3v) is 4.51. The zero-order valence-corrected chi connectivity index (χ0v) is 10.4. The Morgan fingerprint density at radius 2 is 2.06 bits per heavy atom. The van der Waals surface area contributed by atoms with E-state index in [0.717, 1.165) is 25.7 Å². The van der Waals surface area contributed by atoms with E-state index in [0.29, 0.717) is 19.5 Å². The minimum Gasteiger partial charge on any atom is -0.481 e. The highest BCUT2D eigenvalue weighted by Crippen LogP contribution is 2.40. The topological polar surface area (TPSA) is 66.8 Å². The Morgan fingerprint density at radius 3 is 2.67 bits per heavy atom. The Labute approximate surface area is 106 Å². The molecule has 100 valence electrons. The van der Waals surface area contributed by atoms with E-state index in [2.05, 4.69) is 0 Å². The van der Waals surface area contributed by atoms with E-state index in [1.165, 1.54) is 0 Å². The van der Waals surface area contributed by atoms with Gasteiger partial charge < -0.3 is 14.7 Å². The van der Waals surface area contributed by atoms with Crippen LogP contribution in [0.2, 0.25) is 0 Å². The minimum absolute atomic E-state index is 0.0173. The molecule has 0 aromatic heterocycles. The van der Waals surface area contributed by atoms with Gasteiger partial charge in [0.25, 0.3) is 0 Å². The van der Waals surface area contributed by atoms with E-state index < -0.39 is 5.97 Å². The zero-order valence-electron chi connectivity index (χ0n) is 10.4. The van der Waals surface area contributed by atoms with Crippen molar-refractivity contribution in [1.29, 1.82) is 0 Å². The van der Waals surface area contributed by atoms with Gasteiger partial charge in [-0.25, -0.2) is 0 Å². The summed E-state index contributed by atoms with van der Waals surface area (Å²) in [7, 11) is 0. The van der Waals surface area contributed by atoms with Crippen LogP contribution in [0.1, 0.15) is 32.1 Å². The van der Waals surface area contributed by atoms with Crippen molar-refractivity contribution in [3.05, 3.63) is 0 Å². The van der Waals surface area contributed by atoms with Crippen molar-refractivity contribution in [2.75, 3.05) is 13.1 Å². The molecular formula is C13H19NO4. The molecule has 3 rings (SSSR count). The number of nitrogens with zero attached hydrogens (tertiary/aromatic N) is 1. The van der Waals surface area contributed by atoms with Crippen LogP contribution in [-0.4, -0.2) is 47.2 Å². The number of amides is 1. The van der Waals surface area contributed by atoms with E-state index in [1.54, 1.807) is 4.90 Å². The maximum Gasteiger partial charge on any atom is 0.308 e. The predicted molar refractivity (Wildman–Crippen MR) is 62.9 cm³/mol. The van der Waals surface area contributed by atoms with Crippen molar-refractivity contribution in [3.8, 4) is 0 Å². The standard InChI is InChI=1S/C13H19NO4/c15-12(10-6-9-3-4-11(10)18-9)14-5-1-2-8(7-14)13(16)17/h8-11H,1-7H2,(H,16,17)/t8-,9?,10?,11?/m0/s1. The summed E-state index contributed by atoms with van der Waals surface area (Å²) in [6.07, 6.45) is 4.73. The average molecular weight is 253 g/mol. The molecule has 5 heteroatoms. The van der Waals surface area contributed by atoms with Gasteiger partial charge in [-0.15, -0.1) is 0 Å². The van der Waals surface area contributed by atoms with Crippen LogP contribution in [0.4, 0.5) is 0 Å². The summed E-state index contributed by atoms with van der Waals surface area (Å²) in [5.74, 6) is -1.07. The van der Waals surface area contributed by atoms with E-state index in [4.69, 9.17) is 9.84 Å². The molecule has 3 aliphatic rings. The second kappa shape index (κ2) is 4.53. The fourth-order valence-electron chi connectivity index (χ4n) is 3.51. The van der Waals surface area contributed by atoms with Gasteiger partial charge in [-0.05, 0) is 32.1 Å². The molecule has 3 aliphatic heterocycles. The number of hydrogen-bond donors (Lipinski definition) is 1. The number of piperidine rings is 1. The molecule has 0 spiro atoms. The first-order valence-corrected chi connectivity index (χ1v) is 6.82. The maximum atomic E-state index is 12.4. The third-order valence-electron chi connectivity index (χ3n) is 4.51. The van der Waals surface area contributed by atoms with Gasteiger partial charge in [0.2, 0.25) is 5.91 Å². The fourth-order valence-corrected chi connectivity index (χ4v) is 3.51. The summed E-state index contributed by atoms with van der Waals surface area (Å²) in [5, 5.41) is 9.05. The number of ether oxygens (including phenoxy) is 1. The summed E-state index contributed by atoms with van der Waals surface area (Å²) in [5.41, 5.74) is 0. The summed E-state index contributed by atoms with van der Waals surface area (Å²) < 4.78 is 5.71. The number of carboxylic acid groups (broad SMARTS) is 1. The number of carbonyl (C=O) groups is 2. The number of aliphatic carboxylic acids is 1. The van der Waals surface area contributed by atoms with Crippen molar-refractivity contribution in [2.45, 2.75) is 44.3 Å². The van der Waals surface area contributed by atoms with E-state index in [-0.39, 0.29) is 30.0 Å². The summed E-state index contributed by atoms with van der Waals surface area (Å²) >= 11 is 0. The van der Waals surface area contributed by atoms with Gasteiger partial charge in [0, 0.05) is 13.1 Å². The molecule has 0 radical (unpaired) electrons. The Bertz CT molecular complexity index is 370. The molecule has 5 nitrogen and oxygen atoms in total. The molecule has 2 bridgehead atoms. The highest BCUT2D eigenvalue weighted by Gasteiger charge is 2.46. The number of rotatable bonds is 2. The second-order valence-electron chi connectivity index (χ2n) is 5.68. The SMILES string of the molecule is O=C(O)[C@H]1CCCN(C(=O)C2CC3CCC2O3)C1. The molecule has 1 amide bonds. The second-order valence-corrected chi connectivity index (χ2v) is 5.68. The van der Waals surface area contributed by atoms with E-state index >= 15 is 0 Å². The van der Waals surface area contributed by atoms with Crippen LogP contribution in [0.25, 0.3) is 0 Å². The molecular weight excluding hydrogens is 234 g/mol. The molecule has 0 aliphatic carbocycles. The number of fused-ring (bicyclic) bond motifs is 2. The lowest BCUT2D eigenvalue weighted by Gasteiger charge is -2.33. The average Bonchev–Trinajstić information content (AvgIpc) is 3.00. The first kappa shape index (κ1) is 12.0. The van der Waals surface area contributed by atoms with Crippen molar-refractivity contribution >= 4 is 11.9 Å². The van der Waals surface area contributed by atoms with Gasteiger partial charge in [0.1, 0.15) is 0 Å². The first-order valence-electron chi connectivity index (χ1n) is 6.82. The van der Waals surface area contributed by atoms with Gasteiger partial charge >= 0.3 is 5.97 Å². The lowest BCUT2D eigenvalue weighted by Crippen LogP contribution is -2.46. The Balaban J connectivity index is 1.64. The van der Waals surface area contributed by atoms with Crippen LogP contribution in [0.5, 0.6) is 0 Å². The summed E-state index contributed by atoms with van der Waals surface area (Å²) in [6.45, 7) is 1.08. The molecule has 1 N–H and O–H groups in total. The molecule has 3 unspecified atom stereocenters. The fraction of sp³-hybridized carbons (Fsp3) is 0.846. The van der Waals surface area contributed by atoms with Gasteiger partial charge in [-0.1, -0.05) is 0 Å². The number of likely N-dealkylation sites (tertiary alicyclic amines) is 1. The van der Waals surface area contributed by atoms with Crippen molar-refractivity contribution < 1.29 is 19.4 Å². The van der Waals surface area contributed by atoms with Crippen LogP contribution in [0, 0.1) is 11.8 Å². The van der Waals surface area contributed by atoms with Gasteiger partial charge in [0.15, 0.2) is 0 Å². The van der Waals surface area contributed by atoms with Gasteiger partial charge in [-0.3, -0.25) is 9.59 Å². The molecule has 3 fully saturated rings. The van der Waals surface area contributed by atoms with Crippen molar-refractivity contribution in [3.63, 3.8) is 0 Å². The third kappa shape index (κ3) is 2.00. The zero-order chi connectivity index (χ0) is 12.7. The Hall–Kier alpha value is -1.10. The molecule has 3 saturated heterocycles. The summed E-state index contributed by atoms with van der Waals surface area (Å²) in [6, 6.07) is 0. The van der Waals surface area contributed by atoms with Gasteiger partial charge in [0.05, 0.1) is 24.0 Å². The lowest BCUT2D eigenvalue weighted by atomic mass is 9.87. The largest absolute Gasteiger partial charge is 0.481 e. The van der Waals surface area contributed by atoms with Gasteiger partial charge in [-0.2, -0.15) is 0 Å². The molecule has 0 saturated carbocycles. The van der Waals surface area contributed by atoms with E-state index in [9.17, 15) is 9.59 Å². The van der Waals surface area contributed by atoms with E-state index in [1.807, 2.05) is 0 Å². The Kier molecular flexibility index (Phi) is 3.01. The Morgan fingerprint density at radius 1 is 1.22 bits per heavy atom. The molecule has 18 heavy (non-hydrogen) atoms. The maximum absolute atomic E-state index is 12.4. The van der Waals surface area contributed by atoms with Crippen LogP contribution < -0.4 is 0 Å². The van der Waals surface area contributed by atoms with Crippen LogP contribution in [0.3, 0.4) is 0 Å². The normalized spacial score (nSPS) is 39.0. The first-order chi connectivity index (χ1) is 8.65. The van der Waals surface area contributed by atoms with Crippen LogP contribution in [0.15, 0.2) is 0 Å². The molecule has 0 aromatic rings. The molecule has 0 aromatic carbocycles. The predicted octanol–water partition coefficient (Wildman–Crippen LogP) is 0.877. The monoisotopic (exact) mass is 253 g/mol. The van der Waals surface area contributed by atoms with Crippen molar-refractivity contribution in [2.24, 2.45) is 11.8 Å². The van der Waals surface area contributed by atoms with Crippen molar-refractivity contribution in [1.82, 2.24) is 4.90 Å². The quantitative estimate of drug-likeness (QED) is 0.793. The highest BCUT2D eigenvalue weighted by atomic mass is 16.5. The summed E-state index contributed by atoms with van der Waals surface area (Å²) in [4.78, 5) is 25.2. The van der Waals surface area contributed by atoms with Crippen LogP contribution in [-0.2, 0) is 14.3 Å². The van der Waals surface area contributed by atoms with Crippen LogP contribution >= 0.6 is 0 Å². The smallest absolute Gasteiger partial charge is 0.308 e. The molecule has 4 atom stereocenters. The number of hydrogen-bond acceptors (Lipinski definition) is 3. The highest BCUT2D eigenvalue weighted by molar-refractivity contribution is 5.81. The number of carboxylic acids is 1. The number of carbonyl (C=O) groups excluding carboxylic acids is 1. The molecule has 3 heterocycles. The lowest BCUT2D eigenvalue weighted by molar-refractivity contribution is -0.147. The minimum atomic E-state index is -0.781.